The van der Waals surface area contributed by atoms with Crippen molar-refractivity contribution in [2.24, 2.45) is 23.7 Å². The minimum absolute atomic E-state index is 0.00787. The zero-order valence-electron chi connectivity index (χ0n) is 15.5. The van der Waals surface area contributed by atoms with Crippen molar-refractivity contribution in [3.8, 4) is 0 Å². The van der Waals surface area contributed by atoms with Crippen molar-refractivity contribution in [2.45, 2.75) is 45.1 Å². The molecule has 2 heterocycles. The SMILES string of the molecule is Cc1nc(N2CCOCC2)ncc1C(=O)NC1C2CC3CC(C2)CC1C3. The van der Waals surface area contributed by atoms with Gasteiger partial charge in [-0.1, -0.05) is 0 Å². The number of anilines is 1. The molecule has 1 aromatic heterocycles. The van der Waals surface area contributed by atoms with Gasteiger partial charge in [0.1, 0.15) is 0 Å². The number of rotatable bonds is 3. The number of carbonyl (C=O) groups is 1. The minimum Gasteiger partial charge on any atom is -0.378 e. The molecule has 0 unspecified atom stereocenters. The molecule has 0 spiro atoms. The number of aromatic nitrogens is 2. The van der Waals surface area contributed by atoms with Crippen molar-refractivity contribution >= 4 is 11.9 Å². The van der Waals surface area contributed by atoms with Crippen LogP contribution in [0, 0.1) is 30.6 Å². The average Bonchev–Trinajstić information content (AvgIpc) is 2.64. The van der Waals surface area contributed by atoms with E-state index in [0.717, 1.165) is 30.6 Å². The molecule has 4 saturated carbocycles. The lowest BCUT2D eigenvalue weighted by atomic mass is 9.54. The van der Waals surface area contributed by atoms with Crippen molar-refractivity contribution in [1.29, 1.82) is 0 Å². The minimum atomic E-state index is 0.00787. The van der Waals surface area contributed by atoms with E-state index < -0.39 is 0 Å². The summed E-state index contributed by atoms with van der Waals surface area (Å²) in [7, 11) is 0. The average molecular weight is 356 g/mol. The van der Waals surface area contributed by atoms with E-state index in [4.69, 9.17) is 4.74 Å². The van der Waals surface area contributed by atoms with Crippen LogP contribution in [-0.2, 0) is 4.74 Å². The summed E-state index contributed by atoms with van der Waals surface area (Å²) in [5.74, 6) is 3.92. The Morgan fingerprint density at radius 2 is 1.77 bits per heavy atom. The Hall–Kier alpha value is -1.69. The quantitative estimate of drug-likeness (QED) is 0.899. The number of nitrogens with zero attached hydrogens (tertiary/aromatic N) is 3. The summed E-state index contributed by atoms with van der Waals surface area (Å²) in [6.45, 7) is 4.93. The zero-order chi connectivity index (χ0) is 17.7. The third kappa shape index (κ3) is 2.88. The number of ether oxygens (including phenoxy) is 1. The highest BCUT2D eigenvalue weighted by Crippen LogP contribution is 2.53. The molecule has 6 nitrogen and oxygen atoms in total. The second-order valence-electron chi connectivity index (χ2n) is 8.70. The van der Waals surface area contributed by atoms with Gasteiger partial charge in [0.25, 0.3) is 5.91 Å². The first-order valence-electron chi connectivity index (χ1n) is 10.1. The summed E-state index contributed by atoms with van der Waals surface area (Å²) in [4.78, 5) is 24.1. The highest BCUT2D eigenvalue weighted by molar-refractivity contribution is 5.95. The summed E-state index contributed by atoms with van der Waals surface area (Å²) in [5, 5.41) is 3.37. The number of hydrogen-bond acceptors (Lipinski definition) is 5. The summed E-state index contributed by atoms with van der Waals surface area (Å²) in [6, 6.07) is 0.355. The van der Waals surface area contributed by atoms with Crippen LogP contribution >= 0.6 is 0 Å². The normalized spacial score (nSPS) is 35.6. The van der Waals surface area contributed by atoms with Gasteiger partial charge in [-0.05, 0) is 62.7 Å². The molecule has 5 fully saturated rings. The molecular weight excluding hydrogens is 328 g/mol. The van der Waals surface area contributed by atoms with Crippen molar-refractivity contribution in [3.63, 3.8) is 0 Å². The van der Waals surface area contributed by atoms with E-state index in [1.165, 1.54) is 32.1 Å². The Labute approximate surface area is 154 Å². The maximum absolute atomic E-state index is 12.9. The van der Waals surface area contributed by atoms with Gasteiger partial charge in [0.05, 0.1) is 24.5 Å². The van der Waals surface area contributed by atoms with Gasteiger partial charge in [-0.2, -0.15) is 0 Å². The first-order valence-corrected chi connectivity index (χ1v) is 10.1. The third-order valence-electron chi connectivity index (χ3n) is 7.03. The molecule has 6 heteroatoms. The molecule has 1 saturated heterocycles. The number of carbonyl (C=O) groups excluding carboxylic acids is 1. The Kier molecular flexibility index (Phi) is 4.11. The molecule has 1 amide bonds. The fourth-order valence-electron chi connectivity index (χ4n) is 5.98. The monoisotopic (exact) mass is 356 g/mol. The number of hydrogen-bond donors (Lipinski definition) is 1. The smallest absolute Gasteiger partial charge is 0.254 e. The van der Waals surface area contributed by atoms with E-state index in [2.05, 4.69) is 20.2 Å². The number of aryl methyl sites for hydroxylation is 1. The standard InChI is InChI=1S/C20H28N4O2/c1-12-17(11-21-20(22-12)24-2-4-26-5-3-24)19(25)23-18-15-7-13-6-14(9-15)10-16(18)8-13/h11,13-16,18H,2-10H2,1H3,(H,23,25). The lowest BCUT2D eigenvalue weighted by Crippen LogP contribution is -2.55. The van der Waals surface area contributed by atoms with Crippen molar-refractivity contribution in [2.75, 3.05) is 31.2 Å². The van der Waals surface area contributed by atoms with Crippen LogP contribution in [0.5, 0.6) is 0 Å². The Balaban J connectivity index is 1.29. The van der Waals surface area contributed by atoms with E-state index in [1.807, 2.05) is 6.92 Å². The first kappa shape index (κ1) is 16.5. The van der Waals surface area contributed by atoms with Crippen LogP contribution in [0.3, 0.4) is 0 Å². The summed E-state index contributed by atoms with van der Waals surface area (Å²) < 4.78 is 5.38. The molecule has 0 radical (unpaired) electrons. The second-order valence-corrected chi connectivity index (χ2v) is 8.70. The Morgan fingerprint density at radius 1 is 1.12 bits per heavy atom. The van der Waals surface area contributed by atoms with Crippen molar-refractivity contribution in [3.05, 3.63) is 17.5 Å². The molecule has 0 aromatic carbocycles. The zero-order valence-corrected chi connectivity index (χ0v) is 15.5. The van der Waals surface area contributed by atoms with Crippen LogP contribution in [0.4, 0.5) is 5.95 Å². The molecular formula is C20H28N4O2. The van der Waals surface area contributed by atoms with Gasteiger partial charge >= 0.3 is 0 Å². The van der Waals surface area contributed by atoms with Gasteiger partial charge in [-0.15, -0.1) is 0 Å². The number of amides is 1. The van der Waals surface area contributed by atoms with E-state index >= 15 is 0 Å². The molecule has 5 aliphatic rings. The number of nitrogens with one attached hydrogen (secondary N) is 1. The molecule has 0 atom stereocenters. The van der Waals surface area contributed by atoms with Crippen LogP contribution in [0.25, 0.3) is 0 Å². The van der Waals surface area contributed by atoms with E-state index in [1.54, 1.807) is 6.20 Å². The first-order chi connectivity index (χ1) is 12.7. The van der Waals surface area contributed by atoms with Crippen molar-refractivity contribution in [1.82, 2.24) is 15.3 Å². The fraction of sp³-hybridized carbons (Fsp3) is 0.750. The molecule has 4 aliphatic carbocycles. The van der Waals surface area contributed by atoms with Gasteiger partial charge in [0.15, 0.2) is 0 Å². The molecule has 1 aliphatic heterocycles. The van der Waals surface area contributed by atoms with Gasteiger partial charge in [0.2, 0.25) is 5.95 Å². The Bertz CT molecular complexity index is 673. The van der Waals surface area contributed by atoms with E-state index in [-0.39, 0.29) is 5.91 Å². The summed E-state index contributed by atoms with van der Waals surface area (Å²) in [5.41, 5.74) is 1.39. The van der Waals surface area contributed by atoms with Crippen molar-refractivity contribution < 1.29 is 9.53 Å². The van der Waals surface area contributed by atoms with Crippen LogP contribution in [-0.4, -0.2) is 48.2 Å². The molecule has 140 valence electrons. The van der Waals surface area contributed by atoms with E-state index in [9.17, 15) is 4.79 Å². The molecule has 1 N–H and O–H groups in total. The second kappa shape index (κ2) is 6.48. The van der Waals surface area contributed by atoms with Crippen LogP contribution < -0.4 is 10.2 Å². The van der Waals surface area contributed by atoms with Crippen LogP contribution in [0.1, 0.15) is 48.2 Å². The van der Waals surface area contributed by atoms with E-state index in [0.29, 0.717) is 42.6 Å². The maximum Gasteiger partial charge on any atom is 0.254 e. The lowest BCUT2D eigenvalue weighted by molar-refractivity contribution is -0.0119. The predicted octanol–water partition coefficient (Wildman–Crippen LogP) is 2.18. The largest absolute Gasteiger partial charge is 0.378 e. The van der Waals surface area contributed by atoms with Gasteiger partial charge in [-0.25, -0.2) is 9.97 Å². The number of morpholine rings is 1. The van der Waals surface area contributed by atoms with Gasteiger partial charge < -0.3 is 15.0 Å². The fourth-order valence-corrected chi connectivity index (χ4v) is 5.98. The maximum atomic E-state index is 12.9. The topological polar surface area (TPSA) is 67.3 Å². The van der Waals surface area contributed by atoms with Gasteiger partial charge in [0, 0.05) is 25.3 Å². The third-order valence-corrected chi connectivity index (χ3v) is 7.03. The summed E-state index contributed by atoms with van der Waals surface area (Å²) in [6.07, 6.45) is 8.38. The molecule has 26 heavy (non-hydrogen) atoms. The lowest BCUT2D eigenvalue weighted by Gasteiger charge is -2.54. The highest BCUT2D eigenvalue weighted by Gasteiger charge is 2.48. The molecule has 4 bridgehead atoms. The predicted molar refractivity (Wildman–Crippen MR) is 98.1 cm³/mol. The van der Waals surface area contributed by atoms with Gasteiger partial charge in [-0.3, -0.25) is 4.79 Å². The molecule has 6 rings (SSSR count). The summed E-state index contributed by atoms with van der Waals surface area (Å²) >= 11 is 0. The van der Waals surface area contributed by atoms with Crippen LogP contribution in [0.2, 0.25) is 0 Å². The highest BCUT2D eigenvalue weighted by atomic mass is 16.5. The van der Waals surface area contributed by atoms with Crippen LogP contribution in [0.15, 0.2) is 6.20 Å². The molecule has 1 aromatic rings. The Morgan fingerprint density at radius 3 is 2.38 bits per heavy atom.